The molecule has 0 spiro atoms. The van der Waals surface area contributed by atoms with E-state index in [-0.39, 0.29) is 18.3 Å². The SMILES string of the molecule is CCCOc1ccc(C(=O)NC(=S)NNC(=O)COc2ccc(C(=O)OCC)cc2)cc1. The average molecular weight is 460 g/mol. The average Bonchev–Trinajstić information content (AvgIpc) is 2.80. The van der Waals surface area contributed by atoms with Gasteiger partial charge in [-0.15, -0.1) is 0 Å². The molecule has 0 saturated heterocycles. The first kappa shape index (κ1) is 24.6. The summed E-state index contributed by atoms with van der Waals surface area (Å²) in [6.45, 7) is 4.31. The van der Waals surface area contributed by atoms with Crippen molar-refractivity contribution in [3.05, 3.63) is 59.7 Å². The van der Waals surface area contributed by atoms with Gasteiger partial charge in [0.25, 0.3) is 11.8 Å². The number of carbonyl (C=O) groups is 3. The van der Waals surface area contributed by atoms with Crippen LogP contribution in [-0.2, 0) is 9.53 Å². The van der Waals surface area contributed by atoms with Crippen LogP contribution in [-0.4, -0.2) is 42.7 Å². The molecule has 0 heterocycles. The monoisotopic (exact) mass is 459 g/mol. The van der Waals surface area contributed by atoms with Gasteiger partial charge in [-0.2, -0.15) is 0 Å². The van der Waals surface area contributed by atoms with Crippen molar-refractivity contribution in [3.8, 4) is 11.5 Å². The second-order valence-electron chi connectivity index (χ2n) is 6.36. The molecule has 170 valence electrons. The highest BCUT2D eigenvalue weighted by Crippen LogP contribution is 2.13. The van der Waals surface area contributed by atoms with Crippen molar-refractivity contribution >= 4 is 35.1 Å². The van der Waals surface area contributed by atoms with Gasteiger partial charge in [0.2, 0.25) is 0 Å². The van der Waals surface area contributed by atoms with E-state index in [0.29, 0.717) is 29.2 Å². The Hall–Kier alpha value is -3.66. The molecule has 32 heavy (non-hydrogen) atoms. The largest absolute Gasteiger partial charge is 0.494 e. The van der Waals surface area contributed by atoms with Crippen molar-refractivity contribution in [2.24, 2.45) is 0 Å². The van der Waals surface area contributed by atoms with Crippen LogP contribution in [0.15, 0.2) is 48.5 Å². The van der Waals surface area contributed by atoms with Crippen molar-refractivity contribution in [3.63, 3.8) is 0 Å². The zero-order chi connectivity index (χ0) is 23.3. The van der Waals surface area contributed by atoms with Crippen LogP contribution in [0.4, 0.5) is 0 Å². The Morgan fingerprint density at radius 2 is 1.44 bits per heavy atom. The van der Waals surface area contributed by atoms with Crippen LogP contribution in [0, 0.1) is 0 Å². The van der Waals surface area contributed by atoms with E-state index in [4.69, 9.17) is 26.4 Å². The summed E-state index contributed by atoms with van der Waals surface area (Å²) in [6.07, 6.45) is 0.890. The zero-order valence-corrected chi connectivity index (χ0v) is 18.6. The quantitative estimate of drug-likeness (QED) is 0.297. The zero-order valence-electron chi connectivity index (χ0n) is 17.8. The highest BCUT2D eigenvalue weighted by molar-refractivity contribution is 7.80. The summed E-state index contributed by atoms with van der Waals surface area (Å²) in [7, 11) is 0. The van der Waals surface area contributed by atoms with Gasteiger partial charge in [0.15, 0.2) is 11.7 Å². The third kappa shape index (κ3) is 8.23. The molecular formula is C22H25N3O6S. The van der Waals surface area contributed by atoms with Crippen LogP contribution in [0.25, 0.3) is 0 Å². The number of ether oxygens (including phenoxy) is 3. The second-order valence-corrected chi connectivity index (χ2v) is 6.77. The van der Waals surface area contributed by atoms with Gasteiger partial charge < -0.3 is 14.2 Å². The van der Waals surface area contributed by atoms with Crippen molar-refractivity contribution in [1.82, 2.24) is 16.2 Å². The summed E-state index contributed by atoms with van der Waals surface area (Å²) in [5.74, 6) is -0.315. The summed E-state index contributed by atoms with van der Waals surface area (Å²) in [6, 6.07) is 12.8. The highest BCUT2D eigenvalue weighted by atomic mass is 32.1. The lowest BCUT2D eigenvalue weighted by Crippen LogP contribution is -2.49. The fraction of sp³-hybridized carbons (Fsp3) is 0.273. The fourth-order valence-corrected chi connectivity index (χ4v) is 2.49. The third-order valence-corrected chi connectivity index (χ3v) is 4.07. The number of hydrogen-bond donors (Lipinski definition) is 3. The van der Waals surface area contributed by atoms with E-state index in [1.807, 2.05) is 6.92 Å². The number of amides is 2. The van der Waals surface area contributed by atoms with Gasteiger partial charge in [-0.05, 0) is 74.1 Å². The molecule has 2 aromatic rings. The maximum absolute atomic E-state index is 12.2. The molecule has 3 N–H and O–H groups in total. The first-order valence-corrected chi connectivity index (χ1v) is 10.4. The van der Waals surface area contributed by atoms with Crippen molar-refractivity contribution in [2.45, 2.75) is 20.3 Å². The molecule has 0 saturated carbocycles. The minimum atomic E-state index is -0.520. The van der Waals surface area contributed by atoms with Gasteiger partial charge in [0.05, 0.1) is 18.8 Å². The Morgan fingerprint density at radius 1 is 0.844 bits per heavy atom. The molecule has 10 heteroatoms. The van der Waals surface area contributed by atoms with Crippen LogP contribution >= 0.6 is 12.2 Å². The Labute approximate surface area is 191 Å². The number of hydrogen-bond acceptors (Lipinski definition) is 7. The Balaban J connectivity index is 1.71. The molecule has 0 radical (unpaired) electrons. The Morgan fingerprint density at radius 3 is 2.03 bits per heavy atom. The molecule has 2 rings (SSSR count). The molecule has 0 aromatic heterocycles. The predicted molar refractivity (Wildman–Crippen MR) is 121 cm³/mol. The smallest absolute Gasteiger partial charge is 0.338 e. The van der Waals surface area contributed by atoms with Crippen molar-refractivity contribution < 1.29 is 28.6 Å². The van der Waals surface area contributed by atoms with E-state index in [1.54, 1.807) is 43.3 Å². The Kier molecular flexibility index (Phi) is 9.92. The van der Waals surface area contributed by atoms with Gasteiger partial charge >= 0.3 is 5.97 Å². The van der Waals surface area contributed by atoms with Crippen LogP contribution in [0.5, 0.6) is 11.5 Å². The van der Waals surface area contributed by atoms with E-state index in [9.17, 15) is 14.4 Å². The molecule has 0 aliphatic heterocycles. The van der Waals surface area contributed by atoms with E-state index in [0.717, 1.165) is 6.42 Å². The van der Waals surface area contributed by atoms with Gasteiger partial charge in [0, 0.05) is 5.56 Å². The number of rotatable bonds is 9. The van der Waals surface area contributed by atoms with Gasteiger partial charge in [-0.25, -0.2) is 4.79 Å². The van der Waals surface area contributed by atoms with Crippen molar-refractivity contribution in [1.29, 1.82) is 0 Å². The number of benzene rings is 2. The molecule has 2 amide bonds. The first-order chi connectivity index (χ1) is 15.4. The van der Waals surface area contributed by atoms with E-state index >= 15 is 0 Å². The van der Waals surface area contributed by atoms with Crippen LogP contribution in [0.2, 0.25) is 0 Å². The molecule has 9 nitrogen and oxygen atoms in total. The van der Waals surface area contributed by atoms with Crippen LogP contribution < -0.4 is 25.6 Å². The van der Waals surface area contributed by atoms with E-state index in [2.05, 4.69) is 16.2 Å². The second kappa shape index (κ2) is 12.9. The third-order valence-electron chi connectivity index (χ3n) is 3.87. The topological polar surface area (TPSA) is 115 Å². The van der Waals surface area contributed by atoms with Crippen LogP contribution in [0.1, 0.15) is 41.0 Å². The lowest BCUT2D eigenvalue weighted by atomic mass is 10.2. The summed E-state index contributed by atoms with van der Waals surface area (Å²) >= 11 is 5.00. The lowest BCUT2D eigenvalue weighted by Gasteiger charge is -2.12. The van der Waals surface area contributed by atoms with E-state index in [1.165, 1.54) is 12.1 Å². The molecule has 2 aromatic carbocycles. The number of thiocarbonyl (C=S) groups is 1. The summed E-state index contributed by atoms with van der Waals surface area (Å²) in [4.78, 5) is 35.7. The highest BCUT2D eigenvalue weighted by Gasteiger charge is 2.10. The predicted octanol–water partition coefficient (Wildman–Crippen LogP) is 2.37. The standard InChI is InChI=1S/C22H25N3O6S/c1-3-13-30-17-9-5-15(6-10-17)20(27)23-22(32)25-24-19(26)14-31-18-11-7-16(8-12-18)21(28)29-4-2/h5-12H,3-4,13-14H2,1-2H3,(H,24,26)(H2,23,25,27,32). The van der Waals surface area contributed by atoms with Gasteiger partial charge in [-0.3, -0.25) is 25.8 Å². The lowest BCUT2D eigenvalue weighted by molar-refractivity contribution is -0.123. The number of esters is 1. The molecule has 0 atom stereocenters. The van der Waals surface area contributed by atoms with E-state index < -0.39 is 17.8 Å². The fourth-order valence-electron chi connectivity index (χ4n) is 2.34. The first-order valence-electron chi connectivity index (χ1n) is 9.96. The minimum absolute atomic E-state index is 0.0755. The molecular weight excluding hydrogens is 434 g/mol. The molecule has 0 unspecified atom stereocenters. The normalized spacial score (nSPS) is 9.94. The number of carbonyl (C=O) groups excluding carboxylic acids is 3. The van der Waals surface area contributed by atoms with Crippen LogP contribution in [0.3, 0.4) is 0 Å². The maximum atomic E-state index is 12.2. The number of nitrogens with one attached hydrogen (secondary N) is 3. The van der Waals surface area contributed by atoms with Gasteiger partial charge in [-0.1, -0.05) is 6.92 Å². The summed E-state index contributed by atoms with van der Waals surface area (Å²) < 4.78 is 15.7. The molecule has 0 bridgehead atoms. The molecule has 0 fully saturated rings. The molecule has 0 aliphatic carbocycles. The maximum Gasteiger partial charge on any atom is 0.338 e. The summed E-state index contributed by atoms with van der Waals surface area (Å²) in [5.41, 5.74) is 5.53. The molecule has 0 aliphatic rings. The van der Waals surface area contributed by atoms with Crippen molar-refractivity contribution in [2.75, 3.05) is 19.8 Å². The minimum Gasteiger partial charge on any atom is -0.494 e. The van der Waals surface area contributed by atoms with Gasteiger partial charge in [0.1, 0.15) is 11.5 Å². The Bertz CT molecular complexity index is 932. The summed E-state index contributed by atoms with van der Waals surface area (Å²) in [5, 5.41) is 2.38. The number of hydrazine groups is 1.